The molecule has 0 N–H and O–H groups in total. The zero-order valence-corrected chi connectivity index (χ0v) is 20.2. The van der Waals surface area contributed by atoms with Crippen molar-refractivity contribution >= 4 is 11.9 Å². The van der Waals surface area contributed by atoms with E-state index in [4.69, 9.17) is 9.15 Å². The van der Waals surface area contributed by atoms with Crippen LogP contribution in [0.25, 0.3) is 0 Å². The molecule has 1 aliphatic heterocycles. The summed E-state index contributed by atoms with van der Waals surface area (Å²) in [4.78, 5) is 26.6. The Bertz CT molecular complexity index is 1050. The molecule has 0 saturated carbocycles. The van der Waals surface area contributed by atoms with E-state index in [-0.39, 0.29) is 28.5 Å². The van der Waals surface area contributed by atoms with E-state index in [1.165, 1.54) is 42.2 Å². The van der Waals surface area contributed by atoms with E-state index in [1.807, 2.05) is 6.07 Å². The average Bonchev–Trinajstić information content (AvgIpc) is 3.41. The fourth-order valence-corrected chi connectivity index (χ4v) is 5.27. The van der Waals surface area contributed by atoms with Gasteiger partial charge in [-0.1, -0.05) is 39.8 Å². The molecule has 1 amide bonds. The first-order valence-corrected chi connectivity index (χ1v) is 11.7. The number of hydrogen-bond acceptors (Lipinski definition) is 4. The molecule has 5 nitrogen and oxygen atoms in total. The molecule has 1 aromatic heterocycles. The van der Waals surface area contributed by atoms with E-state index in [0.717, 1.165) is 12.2 Å². The lowest BCUT2D eigenvalue weighted by Crippen LogP contribution is -2.40. The Balaban J connectivity index is 1.58. The summed E-state index contributed by atoms with van der Waals surface area (Å²) in [6.07, 6.45) is 4.43. The maximum atomic E-state index is 13.0. The number of amides is 1. The monoisotopic (exact) mass is 437 g/mol. The second-order valence-electron chi connectivity index (χ2n) is 10.7. The van der Waals surface area contributed by atoms with Gasteiger partial charge in [-0.25, -0.2) is 4.79 Å². The van der Waals surface area contributed by atoms with Crippen LogP contribution in [0.5, 0.6) is 0 Å². The highest BCUT2D eigenvalue weighted by Gasteiger charge is 2.38. The lowest BCUT2D eigenvalue weighted by molar-refractivity contribution is -0.145. The Hall–Kier alpha value is -2.56. The van der Waals surface area contributed by atoms with Crippen LogP contribution in [0.1, 0.15) is 91.9 Å². The van der Waals surface area contributed by atoms with Crippen LogP contribution in [0.2, 0.25) is 0 Å². The van der Waals surface area contributed by atoms with E-state index in [9.17, 15) is 9.59 Å². The van der Waals surface area contributed by atoms with Crippen molar-refractivity contribution in [3.05, 3.63) is 58.0 Å². The SMILES string of the molecule is COC(=O)C1CCCN1C(=O)c1ccc(Cc2cc3c(cc2C)C(C)(C)CCC3(C)C)o1. The van der Waals surface area contributed by atoms with Crippen LogP contribution in [0.3, 0.4) is 0 Å². The third kappa shape index (κ3) is 3.98. The van der Waals surface area contributed by atoms with Gasteiger partial charge in [-0.3, -0.25) is 4.79 Å². The van der Waals surface area contributed by atoms with E-state index in [2.05, 4.69) is 46.8 Å². The molecule has 0 spiro atoms. The molecule has 1 fully saturated rings. The molecular weight excluding hydrogens is 402 g/mol. The predicted octanol–water partition coefficient (Wildman–Crippen LogP) is 5.31. The van der Waals surface area contributed by atoms with Crippen LogP contribution in [0.4, 0.5) is 0 Å². The number of hydrogen-bond donors (Lipinski definition) is 0. The molecule has 1 aromatic carbocycles. The minimum absolute atomic E-state index is 0.149. The minimum atomic E-state index is -0.519. The number of rotatable bonds is 4. The topological polar surface area (TPSA) is 59.8 Å². The highest BCUT2D eigenvalue weighted by atomic mass is 16.5. The van der Waals surface area contributed by atoms with Gasteiger partial charge in [0.25, 0.3) is 5.91 Å². The number of furan rings is 1. The number of methoxy groups -OCH3 is 1. The molecule has 1 atom stereocenters. The molecular formula is C27H35NO4. The maximum absolute atomic E-state index is 13.0. The van der Waals surface area contributed by atoms with E-state index >= 15 is 0 Å². The third-order valence-electron chi connectivity index (χ3n) is 7.53. The van der Waals surface area contributed by atoms with Crippen molar-refractivity contribution in [1.29, 1.82) is 0 Å². The lowest BCUT2D eigenvalue weighted by Gasteiger charge is -2.42. The number of nitrogens with zero attached hydrogens (tertiary/aromatic N) is 1. The van der Waals surface area contributed by atoms with Gasteiger partial charge in [0, 0.05) is 13.0 Å². The second-order valence-corrected chi connectivity index (χ2v) is 10.7. The Labute approximate surface area is 191 Å². The molecule has 172 valence electrons. The molecule has 1 saturated heterocycles. The van der Waals surface area contributed by atoms with Crippen molar-refractivity contribution in [2.75, 3.05) is 13.7 Å². The summed E-state index contributed by atoms with van der Waals surface area (Å²) in [6.45, 7) is 12.0. The van der Waals surface area contributed by atoms with Crippen molar-refractivity contribution in [1.82, 2.24) is 4.90 Å². The Morgan fingerprint density at radius 1 is 1.09 bits per heavy atom. The van der Waals surface area contributed by atoms with E-state index < -0.39 is 6.04 Å². The zero-order chi connectivity index (χ0) is 23.3. The number of esters is 1. The van der Waals surface area contributed by atoms with Crippen molar-refractivity contribution in [3.8, 4) is 0 Å². The van der Waals surface area contributed by atoms with Gasteiger partial charge in [0.05, 0.1) is 7.11 Å². The molecule has 2 aromatic rings. The van der Waals surface area contributed by atoms with Crippen molar-refractivity contribution in [2.45, 2.75) is 83.6 Å². The quantitative estimate of drug-likeness (QED) is 0.609. The van der Waals surface area contributed by atoms with Gasteiger partial charge in [0.2, 0.25) is 0 Å². The summed E-state index contributed by atoms with van der Waals surface area (Å²) in [6, 6.07) is 7.79. The van der Waals surface area contributed by atoms with Crippen molar-refractivity contribution in [2.24, 2.45) is 0 Å². The fourth-order valence-electron chi connectivity index (χ4n) is 5.27. The minimum Gasteiger partial charge on any atom is -0.467 e. The number of ether oxygens (including phenoxy) is 1. The second kappa shape index (κ2) is 8.09. The Kier molecular flexibility index (Phi) is 5.72. The molecule has 0 bridgehead atoms. The number of benzene rings is 1. The summed E-state index contributed by atoms with van der Waals surface area (Å²) in [5, 5.41) is 0. The number of fused-ring (bicyclic) bond motifs is 1. The summed E-state index contributed by atoms with van der Waals surface area (Å²) in [5.41, 5.74) is 5.70. The number of likely N-dealkylation sites (tertiary alicyclic amines) is 1. The molecule has 4 rings (SSSR count). The van der Waals surface area contributed by atoms with Crippen molar-refractivity contribution < 1.29 is 18.7 Å². The van der Waals surface area contributed by atoms with Crippen LogP contribution in [0.15, 0.2) is 28.7 Å². The number of aryl methyl sites for hydroxylation is 1. The Morgan fingerprint density at radius 2 is 1.75 bits per heavy atom. The molecule has 5 heteroatoms. The highest BCUT2D eigenvalue weighted by molar-refractivity contribution is 5.95. The van der Waals surface area contributed by atoms with Crippen LogP contribution < -0.4 is 0 Å². The average molecular weight is 438 g/mol. The summed E-state index contributed by atoms with van der Waals surface area (Å²) in [5.74, 6) is 0.443. The van der Waals surface area contributed by atoms with Gasteiger partial charge < -0.3 is 14.1 Å². The normalized spacial score (nSPS) is 21.3. The smallest absolute Gasteiger partial charge is 0.328 e. The first-order chi connectivity index (χ1) is 15.0. The van der Waals surface area contributed by atoms with Gasteiger partial charge in [0.15, 0.2) is 5.76 Å². The Morgan fingerprint density at radius 3 is 2.41 bits per heavy atom. The fraction of sp³-hybridized carbons (Fsp3) is 0.556. The number of carbonyl (C=O) groups excluding carboxylic acids is 2. The third-order valence-corrected chi connectivity index (χ3v) is 7.53. The van der Waals surface area contributed by atoms with Gasteiger partial charge in [0.1, 0.15) is 11.8 Å². The van der Waals surface area contributed by atoms with Gasteiger partial charge in [-0.2, -0.15) is 0 Å². The van der Waals surface area contributed by atoms with Crippen molar-refractivity contribution in [3.63, 3.8) is 0 Å². The first kappa shape index (κ1) is 22.6. The van der Waals surface area contributed by atoms with E-state index in [1.54, 1.807) is 11.0 Å². The number of carbonyl (C=O) groups is 2. The summed E-state index contributed by atoms with van der Waals surface area (Å²) < 4.78 is 10.8. The van der Waals surface area contributed by atoms with Crippen LogP contribution >= 0.6 is 0 Å². The largest absolute Gasteiger partial charge is 0.467 e. The molecule has 0 radical (unpaired) electrons. The zero-order valence-electron chi connectivity index (χ0n) is 20.2. The van der Waals surface area contributed by atoms with Gasteiger partial charge in [-0.05, 0) is 77.8 Å². The van der Waals surface area contributed by atoms with Crippen LogP contribution in [-0.2, 0) is 26.8 Å². The van der Waals surface area contributed by atoms with Crippen LogP contribution in [0, 0.1) is 6.92 Å². The standard InChI is InChI=1S/C27H35NO4/c1-17-14-20-21(27(4,5)12-11-26(20,2)3)16-18(17)15-19-9-10-23(32-19)24(29)28-13-7-8-22(28)25(30)31-6/h9-10,14,16,22H,7-8,11-13,15H2,1-6H3. The first-order valence-electron chi connectivity index (χ1n) is 11.7. The van der Waals surface area contributed by atoms with Crippen LogP contribution in [-0.4, -0.2) is 36.5 Å². The van der Waals surface area contributed by atoms with Gasteiger partial charge in [-0.15, -0.1) is 0 Å². The molecule has 1 aliphatic carbocycles. The maximum Gasteiger partial charge on any atom is 0.328 e. The molecule has 2 aliphatic rings. The molecule has 2 heterocycles. The molecule has 32 heavy (non-hydrogen) atoms. The summed E-state index contributed by atoms with van der Waals surface area (Å²) >= 11 is 0. The van der Waals surface area contributed by atoms with E-state index in [0.29, 0.717) is 19.4 Å². The molecule has 1 unspecified atom stereocenters. The predicted molar refractivity (Wildman–Crippen MR) is 124 cm³/mol. The lowest BCUT2D eigenvalue weighted by atomic mass is 9.62. The van der Waals surface area contributed by atoms with Gasteiger partial charge >= 0.3 is 5.97 Å². The summed E-state index contributed by atoms with van der Waals surface area (Å²) in [7, 11) is 1.36. The highest BCUT2D eigenvalue weighted by Crippen LogP contribution is 2.46.